The van der Waals surface area contributed by atoms with Crippen LogP contribution in [0.2, 0.25) is 0 Å². The van der Waals surface area contributed by atoms with Gasteiger partial charge < -0.3 is 10.2 Å². The highest BCUT2D eigenvalue weighted by Gasteiger charge is 2.38. The number of nitro benzene ring substituents is 1. The van der Waals surface area contributed by atoms with Crippen molar-refractivity contribution >= 4 is 33.8 Å². The maximum Gasteiger partial charge on any atom is 0.293 e. The Balaban J connectivity index is 0.00000264. The second-order valence-electron chi connectivity index (χ2n) is 5.18. The van der Waals surface area contributed by atoms with Crippen molar-refractivity contribution in [3.63, 3.8) is 0 Å². The lowest BCUT2D eigenvalue weighted by Gasteiger charge is -2.39. The van der Waals surface area contributed by atoms with Crippen LogP contribution in [0.15, 0.2) is 23.1 Å². The molecule has 3 N–H and O–H groups in total. The maximum atomic E-state index is 15.0. The molecule has 0 saturated carbocycles. The Morgan fingerprint density at radius 1 is 1.39 bits per heavy atom. The fourth-order valence-electron chi connectivity index (χ4n) is 2.47. The summed E-state index contributed by atoms with van der Waals surface area (Å²) in [5.74, 6) is -1.72. The van der Waals surface area contributed by atoms with Crippen molar-refractivity contribution in [2.75, 3.05) is 25.0 Å². The molecule has 0 amide bonds. The van der Waals surface area contributed by atoms with Crippen molar-refractivity contribution in [1.29, 1.82) is 0 Å². The van der Waals surface area contributed by atoms with E-state index >= 15 is 0 Å². The van der Waals surface area contributed by atoms with E-state index in [4.69, 9.17) is 5.14 Å². The summed E-state index contributed by atoms with van der Waals surface area (Å²) in [6.07, 6.45) is 0.356. The van der Waals surface area contributed by atoms with Gasteiger partial charge in [-0.15, -0.1) is 12.4 Å². The summed E-state index contributed by atoms with van der Waals surface area (Å²) < 4.78 is 37.6. The van der Waals surface area contributed by atoms with Crippen LogP contribution in [0, 0.1) is 10.1 Å². The van der Waals surface area contributed by atoms with E-state index in [9.17, 15) is 22.9 Å². The van der Waals surface area contributed by atoms with Crippen LogP contribution in [0.3, 0.4) is 0 Å². The Hall–Kier alpha value is -1.49. The SMILES string of the molecule is CN(c1ccc(S(N)(=O)=O)cc1[N+](=O)[O-])C1(F)CCNCC1.Cl. The van der Waals surface area contributed by atoms with Gasteiger partial charge in [-0.25, -0.2) is 17.9 Å². The Labute approximate surface area is 139 Å². The van der Waals surface area contributed by atoms with Crippen LogP contribution in [0.4, 0.5) is 15.8 Å². The van der Waals surface area contributed by atoms with Crippen LogP contribution in [0.25, 0.3) is 0 Å². The number of nitrogens with one attached hydrogen (secondary N) is 1. The van der Waals surface area contributed by atoms with Crippen molar-refractivity contribution in [1.82, 2.24) is 5.32 Å². The fourth-order valence-corrected chi connectivity index (χ4v) is 3.00. The Bertz CT molecular complexity index is 694. The van der Waals surface area contributed by atoms with E-state index in [1.54, 1.807) is 0 Å². The molecule has 1 aliphatic heterocycles. The van der Waals surface area contributed by atoms with Gasteiger partial charge in [0.25, 0.3) is 5.69 Å². The van der Waals surface area contributed by atoms with E-state index in [0.29, 0.717) is 13.1 Å². The minimum Gasteiger partial charge on any atom is -0.337 e. The number of anilines is 1. The fraction of sp³-hybridized carbons (Fsp3) is 0.500. The molecule has 0 aliphatic carbocycles. The average Bonchev–Trinajstić information content (AvgIpc) is 2.45. The van der Waals surface area contributed by atoms with Gasteiger partial charge in [0.2, 0.25) is 10.0 Å². The number of alkyl halides is 1. The number of nitrogens with two attached hydrogens (primary N) is 1. The number of hydrogen-bond acceptors (Lipinski definition) is 6. The van der Waals surface area contributed by atoms with Crippen LogP contribution in [0.1, 0.15) is 12.8 Å². The Kier molecular flexibility index (Phi) is 5.91. The van der Waals surface area contributed by atoms with Crippen molar-refractivity contribution in [2.45, 2.75) is 23.5 Å². The number of piperidine rings is 1. The Morgan fingerprint density at radius 3 is 2.43 bits per heavy atom. The molecular weight excluding hydrogens is 351 g/mol. The molecule has 0 spiro atoms. The molecule has 1 heterocycles. The topological polar surface area (TPSA) is 119 Å². The summed E-state index contributed by atoms with van der Waals surface area (Å²) in [6.45, 7) is 0.924. The number of halogens is 2. The first-order valence-corrected chi connectivity index (χ1v) is 8.14. The van der Waals surface area contributed by atoms with Gasteiger partial charge in [-0.05, 0) is 12.1 Å². The van der Waals surface area contributed by atoms with Crippen LogP contribution in [-0.4, -0.2) is 39.3 Å². The molecule has 2 rings (SSSR count). The predicted molar refractivity (Wildman–Crippen MR) is 86.1 cm³/mol. The number of rotatable bonds is 4. The summed E-state index contributed by atoms with van der Waals surface area (Å²) >= 11 is 0. The first-order valence-electron chi connectivity index (χ1n) is 6.60. The second-order valence-corrected chi connectivity index (χ2v) is 6.74. The normalized spacial score (nSPS) is 17.2. The summed E-state index contributed by atoms with van der Waals surface area (Å²) in [4.78, 5) is 11.3. The van der Waals surface area contributed by atoms with Crippen molar-refractivity contribution in [2.24, 2.45) is 5.14 Å². The lowest BCUT2D eigenvalue weighted by atomic mass is 10.0. The van der Waals surface area contributed by atoms with Gasteiger partial charge >= 0.3 is 0 Å². The zero-order valence-electron chi connectivity index (χ0n) is 12.4. The van der Waals surface area contributed by atoms with E-state index in [0.717, 1.165) is 12.1 Å². The van der Waals surface area contributed by atoms with Crippen molar-refractivity contribution in [3.8, 4) is 0 Å². The van der Waals surface area contributed by atoms with E-state index in [1.807, 2.05) is 0 Å². The molecule has 0 bridgehead atoms. The molecule has 1 aliphatic rings. The van der Waals surface area contributed by atoms with E-state index in [2.05, 4.69) is 5.32 Å². The summed E-state index contributed by atoms with van der Waals surface area (Å²) in [6, 6.07) is 3.20. The standard InChI is InChI=1S/C12H17FN4O4S.ClH/c1-16(12(13)4-6-15-7-5-12)10-3-2-9(22(14,20)21)8-11(10)17(18)19;/h2-3,8,15H,4-7H2,1H3,(H2,14,20,21);1H. The summed E-state index contributed by atoms with van der Waals surface area (Å²) in [7, 11) is -2.65. The van der Waals surface area contributed by atoms with E-state index in [-0.39, 0.29) is 35.8 Å². The van der Waals surface area contributed by atoms with Crippen LogP contribution in [0.5, 0.6) is 0 Å². The molecule has 1 fully saturated rings. The summed E-state index contributed by atoms with van der Waals surface area (Å²) in [5, 5.41) is 19.2. The minimum absolute atomic E-state index is 0. The predicted octanol–water partition coefficient (Wildman–Crippen LogP) is 1.15. The first-order chi connectivity index (χ1) is 10.1. The number of primary sulfonamides is 1. The zero-order valence-corrected chi connectivity index (χ0v) is 14.0. The molecule has 0 aromatic heterocycles. The molecule has 1 saturated heterocycles. The second kappa shape index (κ2) is 6.95. The highest BCUT2D eigenvalue weighted by atomic mass is 35.5. The third kappa shape index (κ3) is 4.08. The monoisotopic (exact) mass is 368 g/mol. The van der Waals surface area contributed by atoms with Gasteiger partial charge in [-0.1, -0.05) is 0 Å². The average molecular weight is 369 g/mol. The number of hydrogen-bond donors (Lipinski definition) is 2. The summed E-state index contributed by atoms with van der Waals surface area (Å²) in [5.41, 5.74) is -0.480. The quantitative estimate of drug-likeness (QED) is 0.467. The van der Waals surface area contributed by atoms with E-state index in [1.165, 1.54) is 18.0 Å². The lowest BCUT2D eigenvalue weighted by molar-refractivity contribution is -0.384. The van der Waals surface area contributed by atoms with Gasteiger partial charge in [0, 0.05) is 39.0 Å². The largest absolute Gasteiger partial charge is 0.337 e. The van der Waals surface area contributed by atoms with Crippen LogP contribution < -0.4 is 15.4 Å². The highest BCUT2D eigenvalue weighted by molar-refractivity contribution is 7.89. The van der Waals surface area contributed by atoms with Crippen molar-refractivity contribution < 1.29 is 17.7 Å². The molecule has 11 heteroatoms. The molecule has 130 valence electrons. The number of sulfonamides is 1. The molecule has 1 aromatic carbocycles. The third-order valence-corrected chi connectivity index (χ3v) is 4.72. The van der Waals surface area contributed by atoms with Gasteiger partial charge in [0.1, 0.15) is 5.69 Å². The smallest absolute Gasteiger partial charge is 0.293 e. The van der Waals surface area contributed by atoms with Gasteiger partial charge in [0.05, 0.1) is 9.82 Å². The van der Waals surface area contributed by atoms with Crippen molar-refractivity contribution in [3.05, 3.63) is 28.3 Å². The van der Waals surface area contributed by atoms with E-state index < -0.39 is 26.4 Å². The molecule has 0 radical (unpaired) electrons. The molecule has 1 aromatic rings. The number of nitro groups is 1. The van der Waals surface area contributed by atoms with Crippen LogP contribution >= 0.6 is 12.4 Å². The molecule has 8 nitrogen and oxygen atoms in total. The minimum atomic E-state index is -4.07. The molecular formula is C12H18ClFN4O4S. The van der Waals surface area contributed by atoms with Gasteiger partial charge in [-0.3, -0.25) is 10.1 Å². The first kappa shape index (κ1) is 19.6. The molecule has 0 atom stereocenters. The zero-order chi connectivity index (χ0) is 16.5. The number of benzene rings is 1. The molecule has 23 heavy (non-hydrogen) atoms. The van der Waals surface area contributed by atoms with Gasteiger partial charge in [-0.2, -0.15) is 0 Å². The van der Waals surface area contributed by atoms with Gasteiger partial charge in [0.15, 0.2) is 5.79 Å². The Morgan fingerprint density at radius 2 is 1.96 bits per heavy atom. The highest BCUT2D eigenvalue weighted by Crippen LogP contribution is 2.37. The van der Waals surface area contributed by atoms with Crippen LogP contribution in [-0.2, 0) is 10.0 Å². The number of nitrogens with zero attached hydrogens (tertiary/aromatic N) is 2. The third-order valence-electron chi connectivity index (χ3n) is 3.80. The molecule has 0 unspecified atom stereocenters. The lowest BCUT2D eigenvalue weighted by Crippen LogP contribution is -2.50. The maximum absolute atomic E-state index is 15.0.